The molecule has 28 heavy (non-hydrogen) atoms. The molecule has 1 saturated heterocycles. The number of aliphatic imine (C=N–C) groups is 1. The molecule has 1 N–H and O–H groups in total. The van der Waals surface area contributed by atoms with Crippen LogP contribution in [0.1, 0.15) is 5.56 Å². The number of likely N-dealkylation sites (N-methyl/N-ethyl adjacent to an activating group) is 1. The zero-order valence-corrected chi connectivity index (χ0v) is 15.7. The van der Waals surface area contributed by atoms with Crippen LogP contribution in [0.5, 0.6) is 0 Å². The number of nitrogens with zero attached hydrogens (tertiary/aromatic N) is 4. The van der Waals surface area contributed by atoms with Crippen LogP contribution >= 0.6 is 11.6 Å². The SMILES string of the molecule is CN1C(=O)NC(=O)C2C1N=C1N(c3cccc(Cl)c3)C(c3ccccc3)=CN12. The highest BCUT2D eigenvalue weighted by Gasteiger charge is 2.52. The van der Waals surface area contributed by atoms with E-state index in [0.29, 0.717) is 11.0 Å². The van der Waals surface area contributed by atoms with E-state index >= 15 is 0 Å². The van der Waals surface area contributed by atoms with Gasteiger partial charge >= 0.3 is 6.03 Å². The number of urea groups is 1. The topological polar surface area (TPSA) is 68.2 Å². The fraction of sp³-hybridized carbons (Fsp3) is 0.150. The lowest BCUT2D eigenvalue weighted by Crippen LogP contribution is -2.62. The summed E-state index contributed by atoms with van der Waals surface area (Å²) in [6.07, 6.45) is 1.33. The van der Waals surface area contributed by atoms with Crippen molar-refractivity contribution in [2.45, 2.75) is 12.2 Å². The van der Waals surface area contributed by atoms with Gasteiger partial charge in [0.1, 0.15) is 0 Å². The van der Waals surface area contributed by atoms with Crippen LogP contribution in [0.3, 0.4) is 0 Å². The normalized spacial score (nSPS) is 23.3. The van der Waals surface area contributed by atoms with Crippen molar-refractivity contribution in [2.24, 2.45) is 4.99 Å². The van der Waals surface area contributed by atoms with E-state index in [1.54, 1.807) is 13.1 Å². The number of carbonyl (C=O) groups is 2. The van der Waals surface area contributed by atoms with Gasteiger partial charge in [0.05, 0.1) is 11.4 Å². The van der Waals surface area contributed by atoms with Crippen LogP contribution in [-0.2, 0) is 4.79 Å². The third kappa shape index (κ3) is 2.40. The lowest BCUT2D eigenvalue weighted by atomic mass is 10.1. The molecule has 3 aliphatic rings. The molecule has 140 valence electrons. The van der Waals surface area contributed by atoms with Crippen molar-refractivity contribution in [3.8, 4) is 0 Å². The van der Waals surface area contributed by atoms with E-state index in [1.165, 1.54) is 4.90 Å². The van der Waals surface area contributed by atoms with E-state index in [4.69, 9.17) is 16.6 Å². The molecule has 0 spiro atoms. The number of imide groups is 1. The number of guanidine groups is 1. The molecule has 0 radical (unpaired) electrons. The molecular formula is C20H16ClN5O2. The minimum absolute atomic E-state index is 0.358. The molecular weight excluding hydrogens is 378 g/mol. The van der Waals surface area contributed by atoms with Gasteiger partial charge in [0.15, 0.2) is 12.2 Å². The van der Waals surface area contributed by atoms with Gasteiger partial charge < -0.3 is 4.90 Å². The number of amides is 3. The molecule has 5 rings (SSSR count). The quantitative estimate of drug-likeness (QED) is 0.851. The molecule has 1 fully saturated rings. The van der Waals surface area contributed by atoms with Gasteiger partial charge in [-0.2, -0.15) is 0 Å². The molecule has 0 bridgehead atoms. The van der Waals surface area contributed by atoms with Gasteiger partial charge in [0, 0.05) is 23.8 Å². The highest BCUT2D eigenvalue weighted by atomic mass is 35.5. The maximum absolute atomic E-state index is 12.6. The Hall–Kier alpha value is -3.32. The lowest BCUT2D eigenvalue weighted by Gasteiger charge is -2.34. The Morgan fingerprint density at radius 3 is 2.61 bits per heavy atom. The molecule has 2 aromatic carbocycles. The Morgan fingerprint density at radius 2 is 1.86 bits per heavy atom. The maximum Gasteiger partial charge on any atom is 0.325 e. The predicted octanol–water partition coefficient (Wildman–Crippen LogP) is 2.71. The second kappa shape index (κ2) is 6.10. The van der Waals surface area contributed by atoms with Crippen LogP contribution in [-0.4, -0.2) is 47.0 Å². The lowest BCUT2D eigenvalue weighted by molar-refractivity contribution is -0.126. The Kier molecular flexibility index (Phi) is 3.67. The molecule has 3 heterocycles. The molecule has 7 nitrogen and oxygen atoms in total. The number of hydrogen-bond donors (Lipinski definition) is 1. The molecule has 0 aliphatic carbocycles. The van der Waals surface area contributed by atoms with Gasteiger partial charge in [-0.15, -0.1) is 0 Å². The van der Waals surface area contributed by atoms with Crippen LogP contribution in [0.2, 0.25) is 5.02 Å². The number of hydrogen-bond acceptors (Lipinski definition) is 5. The molecule has 3 amide bonds. The summed E-state index contributed by atoms with van der Waals surface area (Å²) in [5, 5.41) is 3.00. The number of halogens is 1. The van der Waals surface area contributed by atoms with Crippen molar-refractivity contribution < 1.29 is 9.59 Å². The monoisotopic (exact) mass is 393 g/mol. The first-order chi connectivity index (χ1) is 13.5. The van der Waals surface area contributed by atoms with Crippen LogP contribution in [0.15, 0.2) is 65.8 Å². The third-order valence-electron chi connectivity index (χ3n) is 5.11. The van der Waals surface area contributed by atoms with Crippen LogP contribution in [0, 0.1) is 0 Å². The molecule has 8 heteroatoms. The number of anilines is 1. The van der Waals surface area contributed by atoms with E-state index < -0.39 is 18.2 Å². The summed E-state index contributed by atoms with van der Waals surface area (Å²) < 4.78 is 0. The Morgan fingerprint density at radius 1 is 1.07 bits per heavy atom. The van der Waals surface area contributed by atoms with Crippen LogP contribution in [0.25, 0.3) is 5.70 Å². The van der Waals surface area contributed by atoms with Crippen molar-refractivity contribution in [3.05, 3.63) is 71.4 Å². The Bertz CT molecular complexity index is 1050. The summed E-state index contributed by atoms with van der Waals surface area (Å²) in [6, 6.07) is 16.3. The second-order valence-electron chi connectivity index (χ2n) is 6.80. The number of benzene rings is 2. The smallest absolute Gasteiger partial charge is 0.303 e. The van der Waals surface area contributed by atoms with E-state index in [2.05, 4.69) is 5.32 Å². The van der Waals surface area contributed by atoms with Gasteiger partial charge in [-0.3, -0.25) is 19.9 Å². The van der Waals surface area contributed by atoms with Crippen molar-refractivity contribution in [3.63, 3.8) is 0 Å². The number of fused-ring (bicyclic) bond motifs is 3. The van der Waals surface area contributed by atoms with E-state index in [-0.39, 0.29) is 5.91 Å². The second-order valence-corrected chi connectivity index (χ2v) is 7.23. The summed E-state index contributed by atoms with van der Waals surface area (Å²) in [5.41, 5.74) is 2.70. The van der Waals surface area contributed by atoms with E-state index in [0.717, 1.165) is 16.9 Å². The first kappa shape index (κ1) is 16.8. The Labute approximate surface area is 166 Å². The summed E-state index contributed by atoms with van der Waals surface area (Å²) in [6.45, 7) is 0. The van der Waals surface area contributed by atoms with Gasteiger partial charge in [-0.1, -0.05) is 48.0 Å². The molecule has 2 unspecified atom stereocenters. The molecule has 2 aromatic rings. The zero-order valence-electron chi connectivity index (χ0n) is 14.9. The molecule has 3 aliphatic heterocycles. The first-order valence-corrected chi connectivity index (χ1v) is 9.19. The Balaban J connectivity index is 1.66. The predicted molar refractivity (Wildman–Crippen MR) is 107 cm³/mol. The third-order valence-corrected chi connectivity index (χ3v) is 5.35. The van der Waals surface area contributed by atoms with E-state index in [1.807, 2.05) is 64.5 Å². The fourth-order valence-corrected chi connectivity index (χ4v) is 3.95. The van der Waals surface area contributed by atoms with Crippen molar-refractivity contribution in [1.82, 2.24) is 15.1 Å². The zero-order chi connectivity index (χ0) is 19.4. The fourth-order valence-electron chi connectivity index (χ4n) is 3.76. The number of nitrogens with one attached hydrogen (secondary N) is 1. The molecule has 2 atom stereocenters. The molecule has 0 saturated carbocycles. The van der Waals surface area contributed by atoms with Crippen molar-refractivity contribution in [2.75, 3.05) is 11.9 Å². The van der Waals surface area contributed by atoms with Crippen LogP contribution in [0.4, 0.5) is 10.5 Å². The maximum atomic E-state index is 12.6. The largest absolute Gasteiger partial charge is 0.325 e. The average molecular weight is 394 g/mol. The highest BCUT2D eigenvalue weighted by Crippen LogP contribution is 2.39. The average Bonchev–Trinajstić information content (AvgIpc) is 3.23. The minimum Gasteiger partial charge on any atom is -0.303 e. The first-order valence-electron chi connectivity index (χ1n) is 8.81. The van der Waals surface area contributed by atoms with Gasteiger partial charge in [0.25, 0.3) is 5.91 Å². The minimum atomic E-state index is -0.611. The van der Waals surface area contributed by atoms with Crippen molar-refractivity contribution >= 4 is 40.9 Å². The highest BCUT2D eigenvalue weighted by molar-refractivity contribution is 6.31. The van der Waals surface area contributed by atoms with Gasteiger partial charge in [-0.25, -0.2) is 9.79 Å². The summed E-state index contributed by atoms with van der Waals surface area (Å²) in [4.78, 5) is 34.6. The number of carbonyl (C=O) groups excluding carboxylic acids is 2. The van der Waals surface area contributed by atoms with Crippen LogP contribution < -0.4 is 10.2 Å². The standard InChI is InChI=1S/C20H16ClN5O2/c1-24-17-16(18(27)23-20(24)28)25-11-15(12-6-3-2-4-7-12)26(19(25)22-17)14-9-5-8-13(21)10-14/h2-11,16-17H,1H3,(H,23,27,28). The van der Waals surface area contributed by atoms with Gasteiger partial charge in [0.2, 0.25) is 5.96 Å². The molecule has 0 aromatic heterocycles. The summed E-state index contributed by atoms with van der Waals surface area (Å²) in [7, 11) is 1.64. The number of rotatable bonds is 2. The van der Waals surface area contributed by atoms with Gasteiger partial charge in [-0.05, 0) is 18.2 Å². The van der Waals surface area contributed by atoms with Crippen molar-refractivity contribution in [1.29, 1.82) is 0 Å². The van der Waals surface area contributed by atoms with E-state index in [9.17, 15) is 9.59 Å². The summed E-state index contributed by atoms with van der Waals surface area (Å²) in [5.74, 6) is 0.233. The summed E-state index contributed by atoms with van der Waals surface area (Å²) >= 11 is 6.23.